The van der Waals surface area contributed by atoms with Gasteiger partial charge < -0.3 is 15.3 Å². The molecule has 0 amide bonds. The third kappa shape index (κ3) is 2.69. The maximum atomic E-state index is 9.95. The zero-order valence-electron chi connectivity index (χ0n) is 12.9. The molecule has 0 radical (unpaired) electrons. The third-order valence-electron chi connectivity index (χ3n) is 5.49. The lowest BCUT2D eigenvalue weighted by Crippen LogP contribution is -2.44. The lowest BCUT2D eigenvalue weighted by atomic mass is 9.98. The van der Waals surface area contributed by atoms with Crippen molar-refractivity contribution in [2.24, 2.45) is 0 Å². The zero-order chi connectivity index (χ0) is 14.4. The van der Waals surface area contributed by atoms with Gasteiger partial charge >= 0.3 is 0 Å². The van der Waals surface area contributed by atoms with Crippen molar-refractivity contribution in [2.75, 3.05) is 4.90 Å². The molecular weight excluding hydrogens is 260 g/mol. The second-order valence-corrected chi connectivity index (χ2v) is 7.18. The van der Waals surface area contributed by atoms with Crippen molar-refractivity contribution >= 4 is 5.69 Å². The molecule has 2 aliphatic heterocycles. The molecule has 2 N–H and O–H groups in total. The summed E-state index contributed by atoms with van der Waals surface area (Å²) in [5.74, 6) is 0. The van der Waals surface area contributed by atoms with E-state index < -0.39 is 0 Å². The summed E-state index contributed by atoms with van der Waals surface area (Å²) >= 11 is 0. The van der Waals surface area contributed by atoms with Crippen LogP contribution in [0.15, 0.2) is 18.2 Å². The molecule has 2 bridgehead atoms. The molecule has 1 aromatic rings. The Bertz CT molecular complexity index is 512. The fourth-order valence-corrected chi connectivity index (χ4v) is 4.15. The Morgan fingerprint density at radius 2 is 1.86 bits per heavy atom. The molecule has 0 aromatic heterocycles. The molecule has 4 rings (SSSR count). The van der Waals surface area contributed by atoms with Gasteiger partial charge in [0.15, 0.2) is 0 Å². The van der Waals surface area contributed by atoms with Gasteiger partial charge in [0.1, 0.15) is 0 Å². The second kappa shape index (κ2) is 5.29. The van der Waals surface area contributed by atoms with Gasteiger partial charge in [0, 0.05) is 30.4 Å². The SMILES string of the molecule is Cc1cc(N2C3CCC2CC(O)C3)ccc1CNC1CC1. The number of aliphatic hydroxyl groups excluding tert-OH is 1. The van der Waals surface area contributed by atoms with Crippen LogP contribution in [0.5, 0.6) is 0 Å². The molecule has 3 heteroatoms. The highest BCUT2D eigenvalue weighted by Gasteiger charge is 2.40. The van der Waals surface area contributed by atoms with Crippen molar-refractivity contribution in [3.63, 3.8) is 0 Å². The van der Waals surface area contributed by atoms with Crippen molar-refractivity contribution in [1.82, 2.24) is 5.32 Å². The lowest BCUT2D eigenvalue weighted by molar-refractivity contribution is 0.126. The highest BCUT2D eigenvalue weighted by atomic mass is 16.3. The van der Waals surface area contributed by atoms with E-state index in [1.165, 1.54) is 42.5 Å². The number of nitrogens with one attached hydrogen (secondary N) is 1. The summed E-state index contributed by atoms with van der Waals surface area (Å²) in [5, 5.41) is 13.5. The van der Waals surface area contributed by atoms with Gasteiger partial charge in [-0.2, -0.15) is 0 Å². The first-order valence-corrected chi connectivity index (χ1v) is 8.50. The minimum Gasteiger partial charge on any atom is -0.393 e. The number of hydrogen-bond donors (Lipinski definition) is 2. The number of anilines is 1. The monoisotopic (exact) mass is 286 g/mol. The Balaban J connectivity index is 1.51. The maximum absolute atomic E-state index is 9.95. The van der Waals surface area contributed by atoms with Gasteiger partial charge in [-0.1, -0.05) is 6.07 Å². The number of hydrogen-bond acceptors (Lipinski definition) is 3. The molecule has 3 aliphatic rings. The van der Waals surface area contributed by atoms with Crippen LogP contribution in [0.3, 0.4) is 0 Å². The quantitative estimate of drug-likeness (QED) is 0.893. The molecule has 3 nitrogen and oxygen atoms in total. The summed E-state index contributed by atoms with van der Waals surface area (Å²) in [6.07, 6.45) is 6.98. The van der Waals surface area contributed by atoms with E-state index in [1.54, 1.807) is 0 Å². The first-order chi connectivity index (χ1) is 10.2. The van der Waals surface area contributed by atoms with Crippen LogP contribution in [0.4, 0.5) is 5.69 Å². The molecule has 2 heterocycles. The molecule has 2 atom stereocenters. The van der Waals surface area contributed by atoms with Crippen LogP contribution in [0.25, 0.3) is 0 Å². The highest BCUT2D eigenvalue weighted by molar-refractivity contribution is 5.54. The second-order valence-electron chi connectivity index (χ2n) is 7.18. The number of fused-ring (bicyclic) bond motifs is 2. The van der Waals surface area contributed by atoms with Crippen molar-refractivity contribution in [3.05, 3.63) is 29.3 Å². The van der Waals surface area contributed by atoms with Crippen LogP contribution in [0.1, 0.15) is 49.7 Å². The Morgan fingerprint density at radius 1 is 1.14 bits per heavy atom. The third-order valence-corrected chi connectivity index (χ3v) is 5.49. The van der Waals surface area contributed by atoms with E-state index in [0.29, 0.717) is 12.1 Å². The van der Waals surface area contributed by atoms with Crippen molar-refractivity contribution < 1.29 is 5.11 Å². The summed E-state index contributed by atoms with van der Waals surface area (Å²) in [4.78, 5) is 2.58. The first kappa shape index (κ1) is 13.6. The first-order valence-electron chi connectivity index (χ1n) is 8.50. The van der Waals surface area contributed by atoms with E-state index in [9.17, 15) is 5.11 Å². The maximum Gasteiger partial charge on any atom is 0.0579 e. The van der Waals surface area contributed by atoms with E-state index in [0.717, 1.165) is 25.4 Å². The van der Waals surface area contributed by atoms with Gasteiger partial charge in [0.05, 0.1) is 6.10 Å². The summed E-state index contributed by atoms with van der Waals surface area (Å²) in [6.45, 7) is 3.23. The largest absolute Gasteiger partial charge is 0.393 e. The van der Waals surface area contributed by atoms with Gasteiger partial charge in [-0.3, -0.25) is 0 Å². The van der Waals surface area contributed by atoms with E-state index in [-0.39, 0.29) is 6.10 Å². The van der Waals surface area contributed by atoms with Gasteiger partial charge in [0.2, 0.25) is 0 Å². The van der Waals surface area contributed by atoms with Gasteiger partial charge in [-0.15, -0.1) is 0 Å². The minimum atomic E-state index is -0.0816. The Kier molecular flexibility index (Phi) is 3.43. The van der Waals surface area contributed by atoms with Crippen molar-refractivity contribution in [3.8, 4) is 0 Å². The van der Waals surface area contributed by atoms with E-state index in [1.807, 2.05) is 0 Å². The topological polar surface area (TPSA) is 35.5 Å². The van der Waals surface area contributed by atoms with Gasteiger partial charge in [0.25, 0.3) is 0 Å². The predicted octanol–water partition coefficient (Wildman–Crippen LogP) is 2.74. The Hall–Kier alpha value is -1.06. The fourth-order valence-electron chi connectivity index (χ4n) is 4.15. The molecule has 3 fully saturated rings. The summed E-state index contributed by atoms with van der Waals surface area (Å²) in [6, 6.07) is 8.81. The molecule has 2 unspecified atom stereocenters. The smallest absolute Gasteiger partial charge is 0.0579 e. The predicted molar refractivity (Wildman–Crippen MR) is 85.6 cm³/mol. The van der Waals surface area contributed by atoms with Gasteiger partial charge in [-0.05, 0) is 68.7 Å². The number of aliphatic hydroxyl groups is 1. The number of rotatable bonds is 4. The molecule has 0 spiro atoms. The fraction of sp³-hybridized carbons (Fsp3) is 0.667. The summed E-state index contributed by atoms with van der Waals surface area (Å²) in [5.41, 5.74) is 4.18. The van der Waals surface area contributed by atoms with Crippen LogP contribution < -0.4 is 10.2 Å². The average molecular weight is 286 g/mol. The minimum absolute atomic E-state index is 0.0816. The summed E-state index contributed by atoms with van der Waals surface area (Å²) < 4.78 is 0. The van der Waals surface area contributed by atoms with Gasteiger partial charge in [-0.25, -0.2) is 0 Å². The molecule has 1 saturated carbocycles. The van der Waals surface area contributed by atoms with Crippen molar-refractivity contribution in [2.45, 2.75) is 76.2 Å². The highest BCUT2D eigenvalue weighted by Crippen LogP contribution is 2.39. The van der Waals surface area contributed by atoms with Crippen LogP contribution in [0, 0.1) is 6.92 Å². The lowest BCUT2D eigenvalue weighted by Gasteiger charge is -2.39. The average Bonchev–Trinajstić information content (AvgIpc) is 3.23. The standard InChI is InChI=1S/C18H26N2O/c1-12-8-15(5-2-13(12)11-19-14-3-4-14)20-16-6-7-17(20)10-18(21)9-16/h2,5,8,14,16-19,21H,3-4,6-7,9-11H2,1H3. The Morgan fingerprint density at radius 3 is 2.48 bits per heavy atom. The van der Waals surface area contributed by atoms with Crippen LogP contribution in [-0.4, -0.2) is 29.3 Å². The van der Waals surface area contributed by atoms with E-state index in [4.69, 9.17) is 0 Å². The van der Waals surface area contributed by atoms with E-state index in [2.05, 4.69) is 35.3 Å². The van der Waals surface area contributed by atoms with Crippen LogP contribution in [0.2, 0.25) is 0 Å². The Labute approximate surface area is 127 Å². The zero-order valence-corrected chi connectivity index (χ0v) is 12.9. The molecular formula is C18H26N2O. The van der Waals surface area contributed by atoms with Crippen molar-refractivity contribution in [1.29, 1.82) is 0 Å². The normalized spacial score (nSPS) is 31.7. The number of piperidine rings is 1. The number of nitrogens with zero attached hydrogens (tertiary/aromatic N) is 1. The summed E-state index contributed by atoms with van der Waals surface area (Å²) in [7, 11) is 0. The molecule has 1 aromatic carbocycles. The molecule has 21 heavy (non-hydrogen) atoms. The van der Waals surface area contributed by atoms with E-state index >= 15 is 0 Å². The van der Waals surface area contributed by atoms with Crippen LogP contribution >= 0.6 is 0 Å². The van der Waals surface area contributed by atoms with Crippen LogP contribution in [-0.2, 0) is 6.54 Å². The molecule has 114 valence electrons. The molecule has 1 aliphatic carbocycles. The number of aryl methyl sites for hydroxylation is 1. The molecule has 2 saturated heterocycles. The number of benzene rings is 1.